The number of unbranched alkanes of at least 4 members (excludes halogenated alkanes) is 24. The SMILES string of the molecule is CCCCCC/C=C\C/C=C\CCCCCCCC(=O)OC(COC(=O)CCCCCCCCCCCCCCCCCC)COP(=O)(O)OCC. The van der Waals surface area contributed by atoms with Gasteiger partial charge in [-0.25, -0.2) is 4.57 Å². The number of phosphoric ester groups is 1. The summed E-state index contributed by atoms with van der Waals surface area (Å²) in [6, 6.07) is 0. The standard InChI is InChI=1S/C43H81O8P/c1-4-7-9-11-13-15-17-19-21-23-25-27-29-31-33-35-37-42(44)48-39-41(40-50-52(46,47)49-6-3)51-43(45)38-36-34-32-30-28-26-24-22-20-18-16-14-12-10-8-5-2/h16,18,22,24,41H,4-15,17,19-21,23,25-40H2,1-3H3,(H,46,47)/b18-16-,24-22-. The lowest BCUT2D eigenvalue weighted by Gasteiger charge is -2.19. The second kappa shape index (κ2) is 39.2. The molecule has 0 aliphatic carbocycles. The van der Waals surface area contributed by atoms with Crippen LogP contribution in [-0.4, -0.2) is 42.8 Å². The zero-order valence-electron chi connectivity index (χ0n) is 34.0. The number of esters is 2. The van der Waals surface area contributed by atoms with Crippen LogP contribution >= 0.6 is 7.82 Å². The minimum Gasteiger partial charge on any atom is -0.462 e. The number of hydrogen-bond acceptors (Lipinski definition) is 7. The first-order valence-electron chi connectivity index (χ1n) is 21.6. The molecule has 0 fully saturated rings. The largest absolute Gasteiger partial charge is 0.472 e. The second-order valence-corrected chi connectivity index (χ2v) is 15.8. The predicted octanol–water partition coefficient (Wildman–Crippen LogP) is 13.5. The summed E-state index contributed by atoms with van der Waals surface area (Å²) in [6.45, 7) is 5.46. The molecule has 0 saturated heterocycles. The highest BCUT2D eigenvalue weighted by Crippen LogP contribution is 2.43. The molecule has 0 amide bonds. The summed E-state index contributed by atoms with van der Waals surface area (Å²) in [6.07, 6.45) is 42.2. The van der Waals surface area contributed by atoms with Gasteiger partial charge in [-0.1, -0.05) is 173 Å². The molecule has 0 radical (unpaired) electrons. The average Bonchev–Trinajstić information content (AvgIpc) is 3.12. The lowest BCUT2D eigenvalue weighted by atomic mass is 10.0. The maximum absolute atomic E-state index is 12.5. The molecule has 0 aliphatic heterocycles. The summed E-state index contributed by atoms with van der Waals surface area (Å²) >= 11 is 0. The van der Waals surface area contributed by atoms with Crippen molar-refractivity contribution in [1.29, 1.82) is 0 Å². The summed E-state index contributed by atoms with van der Waals surface area (Å²) in [4.78, 5) is 34.7. The minimum absolute atomic E-state index is 0.000583. The number of hydrogen-bond donors (Lipinski definition) is 1. The number of ether oxygens (including phenoxy) is 2. The molecule has 0 aromatic carbocycles. The van der Waals surface area contributed by atoms with E-state index in [1.165, 1.54) is 116 Å². The zero-order valence-corrected chi connectivity index (χ0v) is 34.9. The van der Waals surface area contributed by atoms with E-state index in [1.54, 1.807) is 6.92 Å². The molecule has 0 aromatic rings. The number of rotatable bonds is 40. The van der Waals surface area contributed by atoms with Crippen LogP contribution in [0.3, 0.4) is 0 Å². The van der Waals surface area contributed by atoms with Crippen molar-refractivity contribution in [2.75, 3.05) is 19.8 Å². The minimum atomic E-state index is -4.28. The maximum atomic E-state index is 12.5. The first-order valence-corrected chi connectivity index (χ1v) is 23.1. The third-order valence-electron chi connectivity index (χ3n) is 9.26. The normalized spacial score (nSPS) is 13.5. The van der Waals surface area contributed by atoms with Gasteiger partial charge in [0.1, 0.15) is 6.61 Å². The Morgan fingerprint density at radius 3 is 1.38 bits per heavy atom. The van der Waals surface area contributed by atoms with Gasteiger partial charge in [-0.2, -0.15) is 0 Å². The Bertz CT molecular complexity index is 906. The second-order valence-electron chi connectivity index (χ2n) is 14.4. The van der Waals surface area contributed by atoms with E-state index < -0.39 is 26.5 Å². The Hall–Kier alpha value is -1.47. The molecule has 0 rings (SSSR count). The van der Waals surface area contributed by atoms with Gasteiger partial charge >= 0.3 is 19.8 Å². The Morgan fingerprint density at radius 2 is 0.923 bits per heavy atom. The van der Waals surface area contributed by atoms with Gasteiger partial charge in [0.05, 0.1) is 13.2 Å². The van der Waals surface area contributed by atoms with Gasteiger partial charge < -0.3 is 14.4 Å². The topological polar surface area (TPSA) is 108 Å². The fourth-order valence-corrected chi connectivity index (χ4v) is 6.83. The van der Waals surface area contributed by atoms with E-state index in [4.69, 9.17) is 18.5 Å². The van der Waals surface area contributed by atoms with Crippen molar-refractivity contribution in [3.8, 4) is 0 Å². The quantitative estimate of drug-likeness (QED) is 0.0285. The highest BCUT2D eigenvalue weighted by atomic mass is 31.2. The van der Waals surface area contributed by atoms with Crippen molar-refractivity contribution in [2.24, 2.45) is 0 Å². The van der Waals surface area contributed by atoms with Gasteiger partial charge in [0.15, 0.2) is 6.10 Å². The van der Waals surface area contributed by atoms with Crippen LogP contribution in [0.25, 0.3) is 0 Å². The molecule has 1 N–H and O–H groups in total. The van der Waals surface area contributed by atoms with Crippen molar-refractivity contribution in [1.82, 2.24) is 0 Å². The summed E-state index contributed by atoms with van der Waals surface area (Å²) in [7, 11) is -4.28. The molecule has 0 heterocycles. The van der Waals surface area contributed by atoms with E-state index in [0.29, 0.717) is 12.8 Å². The monoisotopic (exact) mass is 757 g/mol. The van der Waals surface area contributed by atoms with E-state index in [9.17, 15) is 19.0 Å². The van der Waals surface area contributed by atoms with E-state index in [-0.39, 0.29) is 25.6 Å². The van der Waals surface area contributed by atoms with Gasteiger partial charge in [-0.15, -0.1) is 0 Å². The molecule has 2 unspecified atom stereocenters. The van der Waals surface area contributed by atoms with Gasteiger partial charge in [0.2, 0.25) is 0 Å². The molecule has 8 nitrogen and oxygen atoms in total. The highest BCUT2D eigenvalue weighted by molar-refractivity contribution is 7.47. The van der Waals surface area contributed by atoms with Crippen LogP contribution in [0.1, 0.15) is 213 Å². The smallest absolute Gasteiger partial charge is 0.462 e. The summed E-state index contributed by atoms with van der Waals surface area (Å²) < 4.78 is 32.6. The number of allylic oxidation sites excluding steroid dienone is 4. The fraction of sp³-hybridized carbons (Fsp3) is 0.860. The summed E-state index contributed by atoms with van der Waals surface area (Å²) in [5.74, 6) is -0.805. The van der Waals surface area contributed by atoms with Gasteiger partial charge in [-0.3, -0.25) is 18.6 Å². The van der Waals surface area contributed by atoms with Gasteiger partial charge in [-0.05, 0) is 51.9 Å². The molecule has 52 heavy (non-hydrogen) atoms. The van der Waals surface area contributed by atoms with Crippen LogP contribution in [0.2, 0.25) is 0 Å². The van der Waals surface area contributed by atoms with Gasteiger partial charge in [0, 0.05) is 12.8 Å². The molecule has 306 valence electrons. The highest BCUT2D eigenvalue weighted by Gasteiger charge is 2.25. The Morgan fingerprint density at radius 1 is 0.519 bits per heavy atom. The Labute approximate surface area is 320 Å². The molecule has 0 aliphatic rings. The van der Waals surface area contributed by atoms with Crippen LogP contribution in [0, 0.1) is 0 Å². The molecule has 0 bridgehead atoms. The lowest BCUT2D eigenvalue weighted by Crippen LogP contribution is -2.29. The lowest BCUT2D eigenvalue weighted by molar-refractivity contribution is -0.161. The Balaban J connectivity index is 4.09. The predicted molar refractivity (Wildman–Crippen MR) is 216 cm³/mol. The third-order valence-corrected chi connectivity index (χ3v) is 10.3. The van der Waals surface area contributed by atoms with Crippen molar-refractivity contribution in [3.05, 3.63) is 24.3 Å². The molecule has 0 aromatic heterocycles. The van der Waals surface area contributed by atoms with Crippen LogP contribution < -0.4 is 0 Å². The molecular weight excluding hydrogens is 675 g/mol. The van der Waals surface area contributed by atoms with Crippen LogP contribution in [0.15, 0.2) is 24.3 Å². The number of carbonyl (C=O) groups excluding carboxylic acids is 2. The van der Waals surface area contributed by atoms with Crippen LogP contribution in [0.4, 0.5) is 0 Å². The first-order chi connectivity index (χ1) is 25.3. The molecule has 2 atom stereocenters. The summed E-state index contributed by atoms with van der Waals surface area (Å²) in [5, 5.41) is 0. The van der Waals surface area contributed by atoms with Crippen molar-refractivity contribution in [2.45, 2.75) is 219 Å². The van der Waals surface area contributed by atoms with Crippen molar-refractivity contribution in [3.63, 3.8) is 0 Å². The van der Waals surface area contributed by atoms with E-state index in [2.05, 4.69) is 38.2 Å². The molecule has 0 saturated carbocycles. The summed E-state index contributed by atoms with van der Waals surface area (Å²) in [5.41, 5.74) is 0. The fourth-order valence-electron chi connectivity index (χ4n) is 6.07. The number of phosphoric acid groups is 1. The van der Waals surface area contributed by atoms with Crippen molar-refractivity contribution < 1.29 is 37.6 Å². The number of carbonyl (C=O) groups is 2. The molecule has 0 spiro atoms. The first kappa shape index (κ1) is 50.5. The van der Waals surface area contributed by atoms with E-state index in [0.717, 1.165) is 57.8 Å². The average molecular weight is 757 g/mol. The van der Waals surface area contributed by atoms with Crippen LogP contribution in [-0.2, 0) is 32.7 Å². The van der Waals surface area contributed by atoms with Crippen LogP contribution in [0.5, 0.6) is 0 Å². The zero-order chi connectivity index (χ0) is 38.2. The van der Waals surface area contributed by atoms with E-state index >= 15 is 0 Å². The van der Waals surface area contributed by atoms with E-state index in [1.807, 2.05) is 0 Å². The molecule has 9 heteroatoms. The maximum Gasteiger partial charge on any atom is 0.472 e. The van der Waals surface area contributed by atoms with Crippen molar-refractivity contribution >= 4 is 19.8 Å². The third kappa shape index (κ3) is 38.3. The molecular formula is C43H81O8P. The van der Waals surface area contributed by atoms with Gasteiger partial charge in [0.25, 0.3) is 0 Å². The Kier molecular flexibility index (Phi) is 38.1.